The molecule has 4 aromatic carbocycles. The number of nitrogens with zero attached hydrogens (tertiary/aromatic N) is 4. The largest absolute Gasteiger partial charge is 0.485 e. The minimum atomic E-state index is -0.384. The highest BCUT2D eigenvalue weighted by molar-refractivity contribution is 5.81. The SMILES string of the molecule is C1=CCC2Oc3ccc(-c4ncccc4-c4nc(-c5ccccc5)nc(-c5ccccc5)n4)cc3C3(C2=C1)c1ccccc1C1C=CC=CC13. The molecule has 0 fully saturated rings. The maximum atomic E-state index is 6.84. The molecular formula is C45H32N4O. The third kappa shape index (κ3) is 4.33. The van der Waals surface area contributed by atoms with Crippen LogP contribution in [0.5, 0.6) is 5.75 Å². The zero-order valence-corrected chi connectivity index (χ0v) is 27.2. The van der Waals surface area contributed by atoms with Crippen molar-refractivity contribution in [2.75, 3.05) is 0 Å². The van der Waals surface area contributed by atoms with Crippen LogP contribution in [-0.4, -0.2) is 26.0 Å². The monoisotopic (exact) mass is 644 g/mol. The lowest BCUT2D eigenvalue weighted by Crippen LogP contribution is -2.46. The Morgan fingerprint density at radius 2 is 1.34 bits per heavy atom. The van der Waals surface area contributed by atoms with Gasteiger partial charge in [0, 0.05) is 52.3 Å². The molecule has 10 rings (SSSR count). The van der Waals surface area contributed by atoms with E-state index in [1.54, 1.807) is 0 Å². The fraction of sp³-hybridized carbons (Fsp3) is 0.111. The molecule has 0 saturated heterocycles. The quantitative estimate of drug-likeness (QED) is 0.191. The lowest BCUT2D eigenvalue weighted by molar-refractivity contribution is 0.185. The Kier molecular flexibility index (Phi) is 6.59. The molecule has 50 heavy (non-hydrogen) atoms. The summed E-state index contributed by atoms with van der Waals surface area (Å²) >= 11 is 0. The standard InChI is InChI=1S/C45H32N4O/c1-3-14-29(15-4-1)42-47-43(30-16-5-2-6-17-30)49-44(48-42)34-20-13-27-46-41(34)31-25-26-40-38(28-31)45(37-23-11-12-24-39(37)50-40)35-21-9-7-18-32(35)33-19-8-10-22-36(33)45/h1-23,25-28,32,35,39H,24H2. The molecule has 0 radical (unpaired) electrons. The summed E-state index contributed by atoms with van der Waals surface area (Å²) in [5.41, 5.74) is 9.37. The van der Waals surface area contributed by atoms with Gasteiger partial charge in [-0.15, -0.1) is 0 Å². The number of hydrogen-bond acceptors (Lipinski definition) is 5. The second-order valence-electron chi connectivity index (χ2n) is 13.3. The van der Waals surface area contributed by atoms with Gasteiger partial charge < -0.3 is 4.74 Å². The van der Waals surface area contributed by atoms with Gasteiger partial charge in [0.2, 0.25) is 0 Å². The smallest absolute Gasteiger partial charge is 0.166 e. The second-order valence-corrected chi connectivity index (χ2v) is 13.3. The van der Waals surface area contributed by atoms with Gasteiger partial charge in [0.05, 0.1) is 11.1 Å². The summed E-state index contributed by atoms with van der Waals surface area (Å²) < 4.78 is 6.84. The van der Waals surface area contributed by atoms with Crippen molar-refractivity contribution < 1.29 is 4.74 Å². The number of ether oxygens (including phenoxy) is 1. The van der Waals surface area contributed by atoms with Gasteiger partial charge in [-0.1, -0.05) is 127 Å². The molecule has 4 unspecified atom stereocenters. The topological polar surface area (TPSA) is 60.8 Å². The number of hydrogen-bond donors (Lipinski definition) is 0. The summed E-state index contributed by atoms with van der Waals surface area (Å²) in [6, 6.07) is 39.8. The van der Waals surface area contributed by atoms with Crippen LogP contribution in [0.4, 0.5) is 0 Å². The van der Waals surface area contributed by atoms with Crippen molar-refractivity contribution in [3.63, 3.8) is 0 Å². The van der Waals surface area contributed by atoms with E-state index in [9.17, 15) is 0 Å². The first-order valence-corrected chi connectivity index (χ1v) is 17.2. The number of rotatable bonds is 4. The summed E-state index contributed by atoms with van der Waals surface area (Å²) in [5, 5.41) is 0. The fourth-order valence-corrected chi connectivity index (χ4v) is 8.56. The fourth-order valence-electron chi connectivity index (χ4n) is 8.56. The van der Waals surface area contributed by atoms with Crippen LogP contribution < -0.4 is 4.74 Å². The van der Waals surface area contributed by atoms with Crippen LogP contribution in [0.1, 0.15) is 29.0 Å². The van der Waals surface area contributed by atoms with Crippen LogP contribution in [-0.2, 0) is 5.41 Å². The first kappa shape index (κ1) is 28.8. The van der Waals surface area contributed by atoms with Gasteiger partial charge in [-0.25, -0.2) is 15.0 Å². The Balaban J connectivity index is 1.19. The summed E-state index contributed by atoms with van der Waals surface area (Å²) in [6.45, 7) is 0. The van der Waals surface area contributed by atoms with Gasteiger partial charge in [0.25, 0.3) is 0 Å². The van der Waals surface area contributed by atoms with Gasteiger partial charge in [-0.05, 0) is 47.0 Å². The molecule has 3 aliphatic carbocycles. The molecule has 0 bridgehead atoms. The molecule has 238 valence electrons. The molecule has 5 heteroatoms. The molecule has 1 aliphatic heterocycles. The average molecular weight is 645 g/mol. The van der Waals surface area contributed by atoms with Crippen molar-refractivity contribution in [2.45, 2.75) is 23.9 Å². The van der Waals surface area contributed by atoms with Crippen molar-refractivity contribution in [2.24, 2.45) is 5.92 Å². The summed E-state index contributed by atoms with van der Waals surface area (Å²) in [7, 11) is 0. The van der Waals surface area contributed by atoms with Crippen LogP contribution in [0.25, 0.3) is 45.4 Å². The highest BCUT2D eigenvalue weighted by Gasteiger charge is 2.58. The Labute approximate surface area is 291 Å². The minimum absolute atomic E-state index is 0.0205. The van der Waals surface area contributed by atoms with Gasteiger partial charge in [-0.2, -0.15) is 0 Å². The van der Waals surface area contributed by atoms with E-state index in [-0.39, 0.29) is 23.4 Å². The van der Waals surface area contributed by atoms with Crippen molar-refractivity contribution >= 4 is 0 Å². The predicted molar refractivity (Wildman–Crippen MR) is 197 cm³/mol. The third-order valence-electron chi connectivity index (χ3n) is 10.6. The number of aromatic nitrogens is 4. The highest BCUT2D eigenvalue weighted by Crippen LogP contribution is 2.64. The van der Waals surface area contributed by atoms with Gasteiger partial charge in [-0.3, -0.25) is 4.98 Å². The number of fused-ring (bicyclic) bond motifs is 9. The van der Waals surface area contributed by atoms with Crippen LogP contribution in [0.15, 0.2) is 170 Å². The lowest BCUT2D eigenvalue weighted by Gasteiger charge is -2.48. The molecule has 0 saturated carbocycles. The molecule has 3 heterocycles. The van der Waals surface area contributed by atoms with Crippen LogP contribution >= 0.6 is 0 Å². The van der Waals surface area contributed by atoms with Gasteiger partial charge in [0.15, 0.2) is 17.5 Å². The number of allylic oxidation sites excluding steroid dienone is 6. The summed E-state index contributed by atoms with van der Waals surface area (Å²) in [6.07, 6.45) is 18.6. The van der Waals surface area contributed by atoms with E-state index in [0.29, 0.717) is 17.5 Å². The van der Waals surface area contributed by atoms with Crippen LogP contribution in [0.3, 0.4) is 0 Å². The molecule has 6 aromatic rings. The van der Waals surface area contributed by atoms with E-state index < -0.39 is 0 Å². The molecular weight excluding hydrogens is 613 g/mol. The number of benzene rings is 4. The second kappa shape index (κ2) is 11.5. The predicted octanol–water partition coefficient (Wildman–Crippen LogP) is 9.71. The van der Waals surface area contributed by atoms with Gasteiger partial charge >= 0.3 is 0 Å². The van der Waals surface area contributed by atoms with E-state index in [0.717, 1.165) is 40.1 Å². The Bertz CT molecular complexity index is 2350. The third-order valence-corrected chi connectivity index (χ3v) is 10.6. The van der Waals surface area contributed by atoms with Crippen LogP contribution in [0, 0.1) is 5.92 Å². The summed E-state index contributed by atoms with van der Waals surface area (Å²) in [5.74, 6) is 3.25. The average Bonchev–Trinajstić information content (AvgIpc) is 3.49. The maximum absolute atomic E-state index is 6.84. The minimum Gasteiger partial charge on any atom is -0.485 e. The van der Waals surface area contributed by atoms with E-state index in [1.807, 2.05) is 72.9 Å². The normalized spacial score (nSPS) is 22.2. The molecule has 5 nitrogen and oxygen atoms in total. The Morgan fingerprint density at radius 3 is 2.14 bits per heavy atom. The highest BCUT2D eigenvalue weighted by atomic mass is 16.5. The van der Waals surface area contributed by atoms with E-state index in [1.165, 1.54) is 22.3 Å². The van der Waals surface area contributed by atoms with Crippen LogP contribution in [0.2, 0.25) is 0 Å². The first-order chi connectivity index (χ1) is 24.8. The first-order valence-electron chi connectivity index (χ1n) is 17.2. The van der Waals surface area contributed by atoms with E-state index >= 15 is 0 Å². The van der Waals surface area contributed by atoms with Gasteiger partial charge in [0.1, 0.15) is 11.9 Å². The molecule has 1 spiro atoms. The number of pyridine rings is 1. The van der Waals surface area contributed by atoms with E-state index in [2.05, 4.69) is 91.1 Å². The summed E-state index contributed by atoms with van der Waals surface area (Å²) in [4.78, 5) is 20.1. The molecule has 4 atom stereocenters. The van der Waals surface area contributed by atoms with Crippen molar-refractivity contribution in [3.05, 3.63) is 186 Å². The van der Waals surface area contributed by atoms with Crippen molar-refractivity contribution in [3.8, 4) is 51.2 Å². The lowest BCUT2D eigenvalue weighted by atomic mass is 9.59. The maximum Gasteiger partial charge on any atom is 0.166 e. The molecule has 0 N–H and O–H groups in total. The molecule has 2 aromatic heterocycles. The molecule has 0 amide bonds. The Morgan fingerprint density at radius 1 is 0.620 bits per heavy atom. The Hall–Kier alpha value is -6.20. The zero-order chi connectivity index (χ0) is 33.1. The van der Waals surface area contributed by atoms with Crippen molar-refractivity contribution in [1.82, 2.24) is 19.9 Å². The zero-order valence-electron chi connectivity index (χ0n) is 27.2. The van der Waals surface area contributed by atoms with Crippen molar-refractivity contribution in [1.29, 1.82) is 0 Å². The molecule has 4 aliphatic rings. The van der Waals surface area contributed by atoms with E-state index in [4.69, 9.17) is 24.7 Å².